The first-order valence-electron chi connectivity index (χ1n) is 6.44. The summed E-state index contributed by atoms with van der Waals surface area (Å²) in [6, 6.07) is 9.64. The fourth-order valence-corrected chi connectivity index (χ4v) is 2.10. The predicted molar refractivity (Wildman–Crippen MR) is 75.8 cm³/mol. The average Bonchev–Trinajstić information content (AvgIpc) is 2.37. The Morgan fingerprint density at radius 2 is 1.79 bits per heavy atom. The van der Waals surface area contributed by atoms with Crippen molar-refractivity contribution in [3.63, 3.8) is 0 Å². The van der Waals surface area contributed by atoms with E-state index in [2.05, 4.69) is 6.58 Å². The average molecular weight is 262 g/mol. The van der Waals surface area contributed by atoms with E-state index in [0.29, 0.717) is 6.42 Å². The van der Waals surface area contributed by atoms with Crippen LogP contribution in [-0.2, 0) is 11.2 Å². The van der Waals surface area contributed by atoms with Gasteiger partial charge in [-0.25, -0.2) is 0 Å². The van der Waals surface area contributed by atoms with Crippen molar-refractivity contribution in [1.29, 1.82) is 0 Å². The molecule has 0 aliphatic carbocycles. The predicted octanol–water partition coefficient (Wildman–Crippen LogP) is 2.27. The monoisotopic (exact) mass is 262 g/mol. The number of carbonyl (C=O) groups excluding carboxylic acids is 1. The topological polar surface area (TPSA) is 57.5 Å². The van der Waals surface area contributed by atoms with E-state index in [-0.39, 0.29) is 12.8 Å². The van der Waals surface area contributed by atoms with Gasteiger partial charge in [0.05, 0.1) is 0 Å². The van der Waals surface area contributed by atoms with Crippen molar-refractivity contribution in [2.45, 2.75) is 44.3 Å². The first-order chi connectivity index (χ1) is 8.79. The Hall–Kier alpha value is -1.45. The van der Waals surface area contributed by atoms with Crippen molar-refractivity contribution in [2.24, 2.45) is 0 Å². The number of hydrogen-bond acceptors (Lipinski definition) is 3. The second kappa shape index (κ2) is 6.13. The van der Waals surface area contributed by atoms with Gasteiger partial charge in [-0.05, 0) is 32.3 Å². The summed E-state index contributed by atoms with van der Waals surface area (Å²) in [6.45, 7) is 6.37. The molecule has 0 radical (unpaired) electrons. The molecule has 0 saturated heterocycles. The fourth-order valence-electron chi connectivity index (χ4n) is 2.10. The smallest absolute Gasteiger partial charge is 0.195 e. The van der Waals surface area contributed by atoms with Crippen LogP contribution < -0.4 is 0 Å². The number of benzene rings is 1. The molecule has 3 heteroatoms. The van der Waals surface area contributed by atoms with Crippen LogP contribution in [0.15, 0.2) is 43.0 Å². The van der Waals surface area contributed by atoms with Crippen LogP contribution in [0.2, 0.25) is 0 Å². The second-order valence-corrected chi connectivity index (χ2v) is 5.36. The SMILES string of the molecule is C=CC[C@](C)(O)C(=O)[C@@](C)(O)CCc1ccccc1. The summed E-state index contributed by atoms with van der Waals surface area (Å²) in [4.78, 5) is 12.1. The van der Waals surface area contributed by atoms with Gasteiger partial charge in [0, 0.05) is 6.42 Å². The van der Waals surface area contributed by atoms with Crippen molar-refractivity contribution in [2.75, 3.05) is 0 Å². The highest BCUT2D eigenvalue weighted by atomic mass is 16.3. The van der Waals surface area contributed by atoms with Crippen LogP contribution in [0.4, 0.5) is 0 Å². The summed E-state index contributed by atoms with van der Waals surface area (Å²) in [5.41, 5.74) is -2.05. The highest BCUT2D eigenvalue weighted by Crippen LogP contribution is 2.24. The maximum atomic E-state index is 12.1. The Bertz CT molecular complexity index is 433. The van der Waals surface area contributed by atoms with Crippen LogP contribution >= 0.6 is 0 Å². The van der Waals surface area contributed by atoms with E-state index < -0.39 is 17.0 Å². The quantitative estimate of drug-likeness (QED) is 0.741. The molecule has 0 aliphatic rings. The molecule has 0 saturated carbocycles. The number of Topliss-reactive ketones (excluding diaryl/α,β-unsaturated/α-hetero) is 1. The third-order valence-corrected chi connectivity index (χ3v) is 3.26. The Balaban J connectivity index is 2.70. The lowest BCUT2D eigenvalue weighted by Crippen LogP contribution is -2.49. The number of aliphatic hydroxyl groups is 2. The van der Waals surface area contributed by atoms with Crippen molar-refractivity contribution < 1.29 is 15.0 Å². The normalized spacial score (nSPS) is 17.3. The summed E-state index contributed by atoms with van der Waals surface area (Å²) in [5.74, 6) is -0.559. The molecular formula is C16H22O3. The standard InChI is InChI=1S/C16H22O3/c1-4-11-15(2,18)14(17)16(3,19)12-10-13-8-6-5-7-9-13/h4-9,18-19H,1,10-12H2,2-3H3/t15-,16-/m0/s1. The molecule has 0 amide bonds. The Morgan fingerprint density at radius 1 is 1.21 bits per heavy atom. The minimum atomic E-state index is -1.57. The van der Waals surface area contributed by atoms with E-state index in [1.165, 1.54) is 19.9 Å². The number of carbonyl (C=O) groups is 1. The fraction of sp³-hybridized carbons (Fsp3) is 0.438. The number of aryl methyl sites for hydroxylation is 1. The third kappa shape index (κ3) is 4.30. The lowest BCUT2D eigenvalue weighted by atomic mass is 9.82. The Labute approximate surface area is 114 Å². The summed E-state index contributed by atoms with van der Waals surface area (Å²) in [7, 11) is 0. The van der Waals surface area contributed by atoms with E-state index in [9.17, 15) is 15.0 Å². The highest BCUT2D eigenvalue weighted by Gasteiger charge is 2.41. The van der Waals surface area contributed by atoms with E-state index in [0.717, 1.165) is 5.56 Å². The van der Waals surface area contributed by atoms with E-state index in [1.54, 1.807) is 0 Å². The van der Waals surface area contributed by atoms with Gasteiger partial charge in [0.25, 0.3) is 0 Å². The van der Waals surface area contributed by atoms with Crippen LogP contribution in [0.25, 0.3) is 0 Å². The van der Waals surface area contributed by atoms with Gasteiger partial charge in [-0.2, -0.15) is 0 Å². The van der Waals surface area contributed by atoms with E-state index in [1.807, 2.05) is 30.3 Å². The van der Waals surface area contributed by atoms with E-state index >= 15 is 0 Å². The molecular weight excluding hydrogens is 240 g/mol. The van der Waals surface area contributed by atoms with Gasteiger partial charge >= 0.3 is 0 Å². The maximum absolute atomic E-state index is 12.1. The molecule has 0 spiro atoms. The van der Waals surface area contributed by atoms with Crippen LogP contribution in [0.5, 0.6) is 0 Å². The van der Waals surface area contributed by atoms with Gasteiger partial charge in [0.1, 0.15) is 11.2 Å². The molecule has 0 aliphatic heterocycles. The lowest BCUT2D eigenvalue weighted by molar-refractivity contribution is -0.154. The van der Waals surface area contributed by atoms with E-state index in [4.69, 9.17) is 0 Å². The zero-order chi connectivity index (χ0) is 14.5. The minimum absolute atomic E-state index is 0.132. The van der Waals surface area contributed by atoms with Gasteiger partial charge in [0.2, 0.25) is 0 Å². The molecule has 1 aromatic rings. The molecule has 0 aromatic heterocycles. The minimum Gasteiger partial charge on any atom is -0.382 e. The summed E-state index contributed by atoms with van der Waals surface area (Å²) >= 11 is 0. The molecule has 2 atom stereocenters. The molecule has 19 heavy (non-hydrogen) atoms. The van der Waals surface area contributed by atoms with Crippen molar-refractivity contribution in [3.8, 4) is 0 Å². The molecule has 0 fully saturated rings. The zero-order valence-electron chi connectivity index (χ0n) is 11.6. The molecule has 3 nitrogen and oxygen atoms in total. The largest absolute Gasteiger partial charge is 0.382 e. The van der Waals surface area contributed by atoms with Gasteiger partial charge in [-0.1, -0.05) is 36.4 Å². The Morgan fingerprint density at radius 3 is 2.32 bits per heavy atom. The molecule has 1 rings (SSSR count). The molecule has 0 bridgehead atoms. The van der Waals surface area contributed by atoms with Crippen molar-refractivity contribution in [3.05, 3.63) is 48.6 Å². The summed E-state index contributed by atoms with van der Waals surface area (Å²) in [6.07, 6.45) is 2.48. The molecule has 0 heterocycles. The number of ketones is 1. The van der Waals surface area contributed by atoms with Crippen LogP contribution in [0.1, 0.15) is 32.3 Å². The van der Waals surface area contributed by atoms with Crippen LogP contribution in [0.3, 0.4) is 0 Å². The molecule has 0 unspecified atom stereocenters. The second-order valence-electron chi connectivity index (χ2n) is 5.36. The lowest BCUT2D eigenvalue weighted by Gasteiger charge is -2.30. The molecule has 2 N–H and O–H groups in total. The summed E-state index contributed by atoms with van der Waals surface area (Å²) in [5, 5.41) is 20.3. The van der Waals surface area contributed by atoms with Crippen LogP contribution in [-0.4, -0.2) is 27.2 Å². The highest BCUT2D eigenvalue weighted by molar-refractivity contribution is 5.93. The zero-order valence-corrected chi connectivity index (χ0v) is 11.6. The van der Waals surface area contributed by atoms with Gasteiger partial charge < -0.3 is 10.2 Å². The van der Waals surface area contributed by atoms with Crippen LogP contribution in [0, 0.1) is 0 Å². The molecule has 1 aromatic carbocycles. The van der Waals surface area contributed by atoms with Gasteiger partial charge in [-0.3, -0.25) is 4.79 Å². The van der Waals surface area contributed by atoms with Gasteiger partial charge in [0.15, 0.2) is 5.78 Å². The number of hydrogen-bond donors (Lipinski definition) is 2. The number of rotatable bonds is 7. The third-order valence-electron chi connectivity index (χ3n) is 3.26. The molecule has 104 valence electrons. The first-order valence-corrected chi connectivity index (χ1v) is 6.44. The summed E-state index contributed by atoms with van der Waals surface area (Å²) < 4.78 is 0. The van der Waals surface area contributed by atoms with Gasteiger partial charge in [-0.15, -0.1) is 6.58 Å². The van der Waals surface area contributed by atoms with Crippen molar-refractivity contribution >= 4 is 5.78 Å². The van der Waals surface area contributed by atoms with Crippen molar-refractivity contribution in [1.82, 2.24) is 0 Å². The maximum Gasteiger partial charge on any atom is 0.195 e. The Kier molecular flexibility index (Phi) is 5.04. The first kappa shape index (κ1) is 15.6.